The fourth-order valence-electron chi connectivity index (χ4n) is 4.24. The summed E-state index contributed by atoms with van der Waals surface area (Å²) in [6, 6.07) is 14.1. The average molecular weight is 415 g/mol. The van der Waals surface area contributed by atoms with Crippen LogP contribution in [0, 0.1) is 0 Å². The Morgan fingerprint density at radius 3 is 2.64 bits per heavy atom. The number of aromatic amines is 1. The monoisotopic (exact) mass is 414 g/mol. The van der Waals surface area contributed by atoms with Crippen molar-refractivity contribution in [3.05, 3.63) is 69.8 Å². The summed E-state index contributed by atoms with van der Waals surface area (Å²) >= 11 is 12.4. The maximum Gasteiger partial charge on any atom is 0.221 e. The van der Waals surface area contributed by atoms with Crippen molar-refractivity contribution in [2.45, 2.75) is 50.5 Å². The van der Waals surface area contributed by atoms with Crippen LogP contribution in [0.1, 0.15) is 55.6 Å². The van der Waals surface area contributed by atoms with E-state index in [9.17, 15) is 4.79 Å². The number of carbonyl (C=O) groups excluding carboxylic acids is 1. The minimum absolute atomic E-state index is 0.0884. The summed E-state index contributed by atoms with van der Waals surface area (Å²) in [5, 5.41) is 5.41. The molecule has 28 heavy (non-hydrogen) atoms. The van der Waals surface area contributed by atoms with Crippen LogP contribution in [-0.4, -0.2) is 16.9 Å². The fourth-order valence-corrected chi connectivity index (χ4v) is 4.54. The van der Waals surface area contributed by atoms with Crippen LogP contribution >= 0.6 is 23.2 Å². The first-order chi connectivity index (χ1) is 13.6. The maximum absolute atomic E-state index is 12.9. The molecule has 0 radical (unpaired) electrons. The number of halogens is 2. The number of nitrogens with one attached hydrogen (secondary N) is 2. The van der Waals surface area contributed by atoms with E-state index in [0.29, 0.717) is 22.5 Å². The second-order valence-corrected chi connectivity index (χ2v) is 8.44. The number of hydrogen-bond acceptors (Lipinski definition) is 1. The Hall–Kier alpha value is -1.97. The number of aromatic nitrogens is 1. The smallest absolute Gasteiger partial charge is 0.221 e. The molecule has 0 aliphatic heterocycles. The highest BCUT2D eigenvalue weighted by molar-refractivity contribution is 6.42. The lowest BCUT2D eigenvalue weighted by Crippen LogP contribution is -2.36. The zero-order valence-corrected chi connectivity index (χ0v) is 17.2. The fraction of sp³-hybridized carbons (Fsp3) is 0.348. The first-order valence-electron chi connectivity index (χ1n) is 9.92. The van der Waals surface area contributed by atoms with E-state index in [4.69, 9.17) is 23.2 Å². The Labute approximate surface area is 175 Å². The molecule has 146 valence electrons. The van der Waals surface area contributed by atoms with Crippen molar-refractivity contribution in [1.82, 2.24) is 10.3 Å². The van der Waals surface area contributed by atoms with Gasteiger partial charge in [0.2, 0.25) is 5.91 Å². The summed E-state index contributed by atoms with van der Waals surface area (Å²) < 4.78 is 0. The van der Waals surface area contributed by atoms with Gasteiger partial charge >= 0.3 is 0 Å². The highest BCUT2D eigenvalue weighted by Crippen LogP contribution is 2.36. The number of hydrogen-bond donors (Lipinski definition) is 2. The molecule has 3 aromatic rings. The second-order valence-electron chi connectivity index (χ2n) is 7.62. The molecule has 1 saturated carbocycles. The molecule has 0 spiro atoms. The molecule has 1 atom stereocenters. The molecule has 4 rings (SSSR count). The number of H-pyrrole nitrogens is 1. The van der Waals surface area contributed by atoms with Gasteiger partial charge in [0, 0.05) is 35.5 Å². The van der Waals surface area contributed by atoms with Gasteiger partial charge in [0.25, 0.3) is 0 Å². The predicted molar refractivity (Wildman–Crippen MR) is 116 cm³/mol. The van der Waals surface area contributed by atoms with E-state index in [0.717, 1.165) is 34.9 Å². The van der Waals surface area contributed by atoms with E-state index in [1.807, 2.05) is 36.5 Å². The molecular formula is C23H24Cl2N2O. The molecule has 2 N–H and O–H groups in total. The van der Waals surface area contributed by atoms with Gasteiger partial charge in [0.15, 0.2) is 0 Å². The molecule has 1 aliphatic rings. The van der Waals surface area contributed by atoms with Crippen LogP contribution < -0.4 is 5.32 Å². The summed E-state index contributed by atoms with van der Waals surface area (Å²) in [5.74, 6) is 0.00256. The minimum Gasteiger partial charge on any atom is -0.361 e. The quantitative estimate of drug-likeness (QED) is 0.495. The van der Waals surface area contributed by atoms with Gasteiger partial charge in [-0.15, -0.1) is 0 Å². The van der Waals surface area contributed by atoms with Gasteiger partial charge in [0.1, 0.15) is 0 Å². The Morgan fingerprint density at radius 1 is 1.07 bits per heavy atom. The normalized spacial score (nSPS) is 16.2. The topological polar surface area (TPSA) is 44.9 Å². The maximum atomic E-state index is 12.9. The number of benzene rings is 2. The molecule has 1 aromatic heterocycles. The number of para-hydroxylation sites is 1. The highest BCUT2D eigenvalue weighted by atomic mass is 35.5. The van der Waals surface area contributed by atoms with Crippen LogP contribution in [-0.2, 0) is 4.79 Å². The summed E-state index contributed by atoms with van der Waals surface area (Å²) in [6.07, 6.45) is 8.22. The summed E-state index contributed by atoms with van der Waals surface area (Å²) in [6.45, 7) is 0. The van der Waals surface area contributed by atoms with Crippen LogP contribution in [0.25, 0.3) is 10.9 Å². The molecule has 2 aromatic carbocycles. The molecule has 1 amide bonds. The molecule has 1 unspecified atom stereocenters. The van der Waals surface area contributed by atoms with Crippen LogP contribution in [0.5, 0.6) is 0 Å². The molecule has 3 nitrogen and oxygen atoms in total. The van der Waals surface area contributed by atoms with E-state index in [2.05, 4.69) is 16.4 Å². The number of amides is 1. The van der Waals surface area contributed by atoms with Gasteiger partial charge in [-0.3, -0.25) is 4.79 Å². The van der Waals surface area contributed by atoms with E-state index < -0.39 is 0 Å². The number of carbonyl (C=O) groups is 1. The molecule has 1 fully saturated rings. The lowest BCUT2D eigenvalue weighted by atomic mass is 9.87. The summed E-state index contributed by atoms with van der Waals surface area (Å²) in [4.78, 5) is 16.2. The van der Waals surface area contributed by atoms with Crippen LogP contribution in [0.15, 0.2) is 48.7 Å². The van der Waals surface area contributed by atoms with Crippen LogP contribution in [0.3, 0.4) is 0 Å². The SMILES string of the molecule is O=C(CC(c1ccc(Cl)c(Cl)c1)c1c[nH]c2ccccc12)NC1CCCCC1. The Kier molecular flexibility index (Phi) is 5.93. The molecular weight excluding hydrogens is 391 g/mol. The molecule has 5 heteroatoms. The van der Waals surface area contributed by atoms with Gasteiger partial charge < -0.3 is 10.3 Å². The van der Waals surface area contributed by atoms with E-state index >= 15 is 0 Å². The van der Waals surface area contributed by atoms with Crippen molar-refractivity contribution in [2.24, 2.45) is 0 Å². The second kappa shape index (κ2) is 8.59. The van der Waals surface area contributed by atoms with Crippen molar-refractivity contribution >= 4 is 40.0 Å². The van der Waals surface area contributed by atoms with Gasteiger partial charge in [-0.25, -0.2) is 0 Å². The number of rotatable bonds is 5. The van der Waals surface area contributed by atoms with Crippen molar-refractivity contribution in [3.8, 4) is 0 Å². The summed E-state index contributed by atoms with van der Waals surface area (Å²) in [7, 11) is 0. The summed E-state index contributed by atoms with van der Waals surface area (Å²) in [5.41, 5.74) is 3.17. The lowest BCUT2D eigenvalue weighted by molar-refractivity contribution is -0.122. The van der Waals surface area contributed by atoms with E-state index in [1.54, 1.807) is 6.07 Å². The molecule has 1 aliphatic carbocycles. The first-order valence-corrected chi connectivity index (χ1v) is 10.7. The minimum atomic E-state index is -0.0884. The van der Waals surface area contributed by atoms with E-state index in [-0.39, 0.29) is 11.8 Å². The molecule has 0 bridgehead atoms. The third-order valence-electron chi connectivity index (χ3n) is 5.70. The van der Waals surface area contributed by atoms with E-state index in [1.165, 1.54) is 19.3 Å². The highest BCUT2D eigenvalue weighted by Gasteiger charge is 2.24. The van der Waals surface area contributed by atoms with Crippen molar-refractivity contribution in [3.63, 3.8) is 0 Å². The van der Waals surface area contributed by atoms with Gasteiger partial charge in [-0.1, -0.05) is 66.7 Å². The van der Waals surface area contributed by atoms with Gasteiger partial charge in [0.05, 0.1) is 10.0 Å². The molecule has 1 heterocycles. The van der Waals surface area contributed by atoms with Crippen LogP contribution in [0.4, 0.5) is 0 Å². The van der Waals surface area contributed by atoms with Gasteiger partial charge in [-0.2, -0.15) is 0 Å². The zero-order chi connectivity index (χ0) is 19.5. The third kappa shape index (κ3) is 4.21. The largest absolute Gasteiger partial charge is 0.361 e. The average Bonchev–Trinajstić information content (AvgIpc) is 3.13. The van der Waals surface area contributed by atoms with Crippen molar-refractivity contribution in [1.29, 1.82) is 0 Å². The van der Waals surface area contributed by atoms with Crippen molar-refractivity contribution in [2.75, 3.05) is 0 Å². The Bertz CT molecular complexity index is 976. The Morgan fingerprint density at radius 2 is 1.86 bits per heavy atom. The standard InChI is InChI=1S/C23H24Cl2N2O/c24-20-11-10-15(12-21(20)25)18(13-23(28)27-16-6-2-1-3-7-16)19-14-26-22-9-5-4-8-17(19)22/h4-5,8-12,14,16,18,26H,1-3,6-7,13H2,(H,27,28). The van der Waals surface area contributed by atoms with Gasteiger partial charge in [-0.05, 0) is 42.2 Å². The predicted octanol–water partition coefficient (Wildman–Crippen LogP) is 6.45. The Balaban J connectivity index is 1.65. The van der Waals surface area contributed by atoms with Crippen LogP contribution in [0.2, 0.25) is 10.0 Å². The zero-order valence-electron chi connectivity index (χ0n) is 15.7. The first kappa shape index (κ1) is 19.4. The third-order valence-corrected chi connectivity index (χ3v) is 6.44. The molecule has 0 saturated heterocycles. The lowest BCUT2D eigenvalue weighted by Gasteiger charge is -2.24. The van der Waals surface area contributed by atoms with Crippen molar-refractivity contribution < 1.29 is 4.79 Å². The number of fused-ring (bicyclic) bond motifs is 1.